The first kappa shape index (κ1) is 23.5. The van der Waals surface area contributed by atoms with Gasteiger partial charge in [0.1, 0.15) is 11.8 Å². The van der Waals surface area contributed by atoms with E-state index in [0.29, 0.717) is 0 Å². The summed E-state index contributed by atoms with van der Waals surface area (Å²) in [5.41, 5.74) is 0.689. The maximum atomic E-state index is 13.7. The van der Waals surface area contributed by atoms with Gasteiger partial charge in [-0.05, 0) is 23.6 Å². The zero-order valence-electron chi connectivity index (χ0n) is 17.0. The van der Waals surface area contributed by atoms with Gasteiger partial charge in [0.05, 0.1) is 23.5 Å². The number of amides is 1. The summed E-state index contributed by atoms with van der Waals surface area (Å²) < 4.78 is 69.1. The van der Waals surface area contributed by atoms with Gasteiger partial charge < -0.3 is 19.7 Å². The Morgan fingerprint density at radius 3 is 2.38 bits per heavy atom. The molecule has 2 aromatic carbocycles. The highest BCUT2D eigenvalue weighted by atomic mass is 19.4. The van der Waals surface area contributed by atoms with Gasteiger partial charge in [-0.15, -0.1) is 13.2 Å². The van der Waals surface area contributed by atoms with Gasteiger partial charge >= 0.3 is 6.36 Å². The van der Waals surface area contributed by atoms with Gasteiger partial charge in [-0.1, -0.05) is 26.0 Å². The van der Waals surface area contributed by atoms with Crippen LogP contribution in [0.25, 0.3) is 11.0 Å². The molecule has 0 saturated carbocycles. The third kappa shape index (κ3) is 5.34. The van der Waals surface area contributed by atoms with E-state index in [-0.39, 0.29) is 29.1 Å². The van der Waals surface area contributed by atoms with Crippen molar-refractivity contribution in [3.8, 4) is 5.75 Å². The van der Waals surface area contributed by atoms with Crippen LogP contribution in [-0.2, 0) is 4.79 Å². The van der Waals surface area contributed by atoms with Gasteiger partial charge in [-0.3, -0.25) is 4.79 Å². The van der Waals surface area contributed by atoms with E-state index in [9.17, 15) is 31.9 Å². The third-order valence-electron chi connectivity index (χ3n) is 4.78. The van der Waals surface area contributed by atoms with E-state index < -0.39 is 41.8 Å². The Balaban J connectivity index is 1.71. The number of carbonyl (C=O) groups is 1. The van der Waals surface area contributed by atoms with Crippen molar-refractivity contribution in [3.63, 3.8) is 0 Å². The van der Waals surface area contributed by atoms with Gasteiger partial charge in [-0.2, -0.15) is 0 Å². The maximum Gasteiger partial charge on any atom is 0.573 e. The first-order valence-corrected chi connectivity index (χ1v) is 9.59. The lowest BCUT2D eigenvalue weighted by atomic mass is 10.0. The highest BCUT2D eigenvalue weighted by molar-refractivity contribution is 5.84. The van der Waals surface area contributed by atoms with E-state index in [1.807, 2.05) is 0 Å². The van der Waals surface area contributed by atoms with Crippen LogP contribution in [0.3, 0.4) is 0 Å². The molecule has 2 N–H and O–H groups in total. The maximum absolute atomic E-state index is 13.7. The van der Waals surface area contributed by atoms with E-state index in [0.717, 1.165) is 24.3 Å². The average molecular weight is 457 g/mol. The topological polar surface area (TPSA) is 76.4 Å². The number of aliphatic hydroxyl groups excluding tert-OH is 1. The van der Waals surface area contributed by atoms with E-state index >= 15 is 0 Å². The van der Waals surface area contributed by atoms with Crippen molar-refractivity contribution in [2.75, 3.05) is 6.54 Å². The third-order valence-corrected chi connectivity index (χ3v) is 4.78. The molecule has 0 radical (unpaired) electrons. The molecule has 2 unspecified atom stereocenters. The van der Waals surface area contributed by atoms with Crippen LogP contribution in [0.5, 0.6) is 5.75 Å². The summed E-state index contributed by atoms with van der Waals surface area (Å²) in [5.74, 6) is -3.33. The molecule has 0 aliphatic rings. The van der Waals surface area contributed by atoms with Crippen LogP contribution in [0.2, 0.25) is 0 Å². The lowest BCUT2D eigenvalue weighted by Crippen LogP contribution is -2.37. The van der Waals surface area contributed by atoms with Crippen molar-refractivity contribution in [1.82, 2.24) is 14.9 Å². The molecule has 0 spiro atoms. The van der Waals surface area contributed by atoms with Gasteiger partial charge in [0.2, 0.25) is 5.91 Å². The molecule has 1 aromatic heterocycles. The number of nitrogens with one attached hydrogen (secondary N) is 1. The van der Waals surface area contributed by atoms with Crippen molar-refractivity contribution < 1.29 is 36.6 Å². The minimum absolute atomic E-state index is 0.184. The van der Waals surface area contributed by atoms with Gasteiger partial charge in [0.15, 0.2) is 11.6 Å². The van der Waals surface area contributed by atoms with Gasteiger partial charge in [0.25, 0.3) is 0 Å². The molecule has 0 aliphatic heterocycles. The second-order valence-electron chi connectivity index (χ2n) is 7.47. The van der Waals surface area contributed by atoms with Crippen molar-refractivity contribution in [1.29, 1.82) is 0 Å². The molecule has 1 amide bonds. The summed E-state index contributed by atoms with van der Waals surface area (Å²) in [6.07, 6.45) is -4.71. The van der Waals surface area contributed by atoms with E-state index in [1.165, 1.54) is 23.0 Å². The number of benzene rings is 2. The first-order valence-electron chi connectivity index (χ1n) is 9.59. The highest BCUT2D eigenvalue weighted by Crippen LogP contribution is 2.27. The Labute approximate surface area is 179 Å². The molecule has 2 atom stereocenters. The summed E-state index contributed by atoms with van der Waals surface area (Å²) in [7, 11) is 0. The molecule has 3 aromatic rings. The fourth-order valence-corrected chi connectivity index (χ4v) is 3.31. The normalized spacial score (nSPS) is 13.9. The lowest BCUT2D eigenvalue weighted by Gasteiger charge is -2.23. The van der Waals surface area contributed by atoms with Gasteiger partial charge in [-0.25, -0.2) is 13.8 Å². The number of rotatable bonds is 7. The summed E-state index contributed by atoms with van der Waals surface area (Å²) in [5, 5.41) is 12.9. The van der Waals surface area contributed by atoms with Crippen LogP contribution in [0.4, 0.5) is 22.0 Å². The quantitative estimate of drug-likeness (QED) is 0.520. The Kier molecular flexibility index (Phi) is 6.68. The van der Waals surface area contributed by atoms with Crippen molar-refractivity contribution >= 4 is 16.9 Å². The Morgan fingerprint density at radius 1 is 1.16 bits per heavy atom. The molecule has 172 valence electrons. The lowest BCUT2D eigenvalue weighted by molar-refractivity contribution is -0.274. The first-order chi connectivity index (χ1) is 15.0. The number of halogens is 5. The molecule has 0 fully saturated rings. The summed E-state index contributed by atoms with van der Waals surface area (Å²) >= 11 is 0. The zero-order valence-corrected chi connectivity index (χ0v) is 17.0. The predicted molar refractivity (Wildman–Crippen MR) is 105 cm³/mol. The number of imidazole rings is 1. The molecular formula is C21H20F5N3O3. The van der Waals surface area contributed by atoms with Crippen LogP contribution in [0, 0.1) is 17.6 Å². The smallest absolute Gasteiger partial charge is 0.406 e. The van der Waals surface area contributed by atoms with E-state index in [4.69, 9.17) is 0 Å². The number of ether oxygens (including phenoxy) is 1. The number of aromatic nitrogens is 2. The Bertz CT molecular complexity index is 1100. The van der Waals surface area contributed by atoms with Crippen molar-refractivity contribution in [2.24, 2.45) is 5.92 Å². The van der Waals surface area contributed by atoms with Crippen molar-refractivity contribution in [2.45, 2.75) is 32.4 Å². The zero-order chi connectivity index (χ0) is 23.6. The van der Waals surface area contributed by atoms with Crippen LogP contribution in [-0.4, -0.2) is 33.5 Å². The highest BCUT2D eigenvalue weighted by Gasteiger charge is 2.31. The molecule has 32 heavy (non-hydrogen) atoms. The van der Waals surface area contributed by atoms with E-state index in [1.54, 1.807) is 13.8 Å². The minimum Gasteiger partial charge on any atom is -0.406 e. The van der Waals surface area contributed by atoms with Crippen LogP contribution in [0.1, 0.15) is 31.6 Å². The minimum atomic E-state index is -4.83. The number of aliphatic hydroxyl groups is 1. The number of nitrogens with zero attached hydrogens (tertiary/aromatic N) is 2. The SMILES string of the molecule is CC(C)C(C(=O)NCC(O)c1ccc(OC(F)(F)F)cc1)n1cnc2cc(F)c(F)cc21. The average Bonchev–Trinajstić information content (AvgIpc) is 3.08. The number of carbonyl (C=O) groups excluding carboxylic acids is 1. The Hall–Kier alpha value is -3.21. The fourth-order valence-electron chi connectivity index (χ4n) is 3.31. The molecule has 1 heterocycles. The van der Waals surface area contributed by atoms with E-state index in [2.05, 4.69) is 15.0 Å². The Morgan fingerprint density at radius 2 is 1.78 bits per heavy atom. The molecule has 11 heteroatoms. The number of hydrogen-bond acceptors (Lipinski definition) is 4. The molecular weight excluding hydrogens is 437 g/mol. The molecule has 0 saturated heterocycles. The second-order valence-corrected chi connectivity index (χ2v) is 7.47. The standard InChI is InChI=1S/C21H20F5N3O3/c1-11(2)19(29-10-28-16-7-14(22)15(23)8-17(16)29)20(31)27-9-18(30)12-3-5-13(6-4-12)32-21(24,25)26/h3-8,10-11,18-19,30H,9H2,1-2H3,(H,27,31). The van der Waals surface area contributed by atoms with Crippen LogP contribution < -0.4 is 10.1 Å². The predicted octanol–water partition coefficient (Wildman–Crippen LogP) is 4.26. The molecule has 0 aliphatic carbocycles. The summed E-state index contributed by atoms with van der Waals surface area (Å²) in [4.78, 5) is 16.9. The largest absolute Gasteiger partial charge is 0.573 e. The van der Waals surface area contributed by atoms with Crippen molar-refractivity contribution in [3.05, 3.63) is 59.9 Å². The fraction of sp³-hybridized carbons (Fsp3) is 0.333. The summed E-state index contributed by atoms with van der Waals surface area (Å²) in [6.45, 7) is 3.29. The molecule has 0 bridgehead atoms. The monoisotopic (exact) mass is 457 g/mol. The number of fused-ring (bicyclic) bond motifs is 1. The number of hydrogen-bond donors (Lipinski definition) is 2. The molecule has 6 nitrogen and oxygen atoms in total. The van der Waals surface area contributed by atoms with Crippen LogP contribution >= 0.6 is 0 Å². The molecule has 3 rings (SSSR count). The van der Waals surface area contributed by atoms with Gasteiger partial charge in [0, 0.05) is 18.7 Å². The number of alkyl halides is 3. The summed E-state index contributed by atoms with van der Waals surface area (Å²) in [6, 6.07) is 5.66. The van der Waals surface area contributed by atoms with Crippen LogP contribution in [0.15, 0.2) is 42.7 Å². The second kappa shape index (κ2) is 9.11.